The van der Waals surface area contributed by atoms with Crippen LogP contribution < -0.4 is 10.2 Å². The predicted molar refractivity (Wildman–Crippen MR) is 98.4 cm³/mol. The lowest BCUT2D eigenvalue weighted by atomic mass is 10.1. The van der Waals surface area contributed by atoms with Gasteiger partial charge in [-0.1, -0.05) is 30.3 Å². The summed E-state index contributed by atoms with van der Waals surface area (Å²) in [4.78, 5) is 40.4. The largest absolute Gasteiger partial charge is 0.356 e. The number of halogens is 1. The summed E-state index contributed by atoms with van der Waals surface area (Å²) >= 11 is 0. The van der Waals surface area contributed by atoms with Gasteiger partial charge in [0.05, 0.1) is 12.1 Å². The number of hydrogen-bond donors (Lipinski definition) is 1. The molecule has 2 aromatic carbocycles. The molecule has 6 nitrogen and oxygen atoms in total. The molecule has 0 bridgehead atoms. The van der Waals surface area contributed by atoms with E-state index in [0.29, 0.717) is 17.8 Å². The lowest BCUT2D eigenvalue weighted by molar-refractivity contribution is -0.127. The van der Waals surface area contributed by atoms with E-state index in [0.717, 1.165) is 4.90 Å². The van der Waals surface area contributed by atoms with Gasteiger partial charge in [0, 0.05) is 13.1 Å². The van der Waals surface area contributed by atoms with Crippen molar-refractivity contribution >= 4 is 23.5 Å². The van der Waals surface area contributed by atoms with E-state index in [4.69, 9.17) is 0 Å². The summed E-state index contributed by atoms with van der Waals surface area (Å²) in [5.41, 5.74) is 1.13. The number of anilines is 1. The molecule has 0 saturated carbocycles. The number of para-hydroxylation sites is 1. The highest BCUT2D eigenvalue weighted by Crippen LogP contribution is 2.28. The van der Waals surface area contributed by atoms with Gasteiger partial charge in [0.2, 0.25) is 5.91 Å². The van der Waals surface area contributed by atoms with Crippen molar-refractivity contribution < 1.29 is 18.8 Å². The Morgan fingerprint density at radius 1 is 1.07 bits per heavy atom. The fourth-order valence-electron chi connectivity index (χ4n) is 3.06. The highest BCUT2D eigenvalue weighted by atomic mass is 19.1. The van der Waals surface area contributed by atoms with Crippen LogP contribution in [0.4, 0.5) is 14.9 Å². The van der Waals surface area contributed by atoms with Gasteiger partial charge in [0.1, 0.15) is 11.9 Å². The van der Waals surface area contributed by atoms with Crippen LogP contribution in [-0.4, -0.2) is 35.3 Å². The first-order valence-corrected chi connectivity index (χ1v) is 8.72. The summed E-state index contributed by atoms with van der Waals surface area (Å²) in [7, 11) is 0. The molecule has 4 amide bonds. The fourth-order valence-corrected chi connectivity index (χ4v) is 3.06. The predicted octanol–water partition coefficient (Wildman–Crippen LogP) is 2.69. The highest BCUT2D eigenvalue weighted by Gasteiger charge is 2.46. The smallest absolute Gasteiger partial charge is 0.332 e. The van der Waals surface area contributed by atoms with Crippen molar-refractivity contribution in [3.63, 3.8) is 0 Å². The van der Waals surface area contributed by atoms with Crippen molar-refractivity contribution in [1.82, 2.24) is 10.2 Å². The Labute approximate surface area is 156 Å². The van der Waals surface area contributed by atoms with Crippen molar-refractivity contribution in [3.05, 3.63) is 66.0 Å². The van der Waals surface area contributed by atoms with E-state index in [1.54, 1.807) is 49.4 Å². The number of amides is 4. The topological polar surface area (TPSA) is 69.7 Å². The molecule has 140 valence electrons. The van der Waals surface area contributed by atoms with Gasteiger partial charge in [-0.15, -0.1) is 0 Å². The zero-order valence-electron chi connectivity index (χ0n) is 14.9. The molecule has 1 atom stereocenters. The van der Waals surface area contributed by atoms with Crippen LogP contribution in [0.5, 0.6) is 0 Å². The number of urea groups is 1. The number of hydrogen-bond acceptors (Lipinski definition) is 3. The highest BCUT2D eigenvalue weighted by molar-refractivity contribution is 6.22. The van der Waals surface area contributed by atoms with Gasteiger partial charge < -0.3 is 10.2 Å². The maximum Gasteiger partial charge on any atom is 0.332 e. The van der Waals surface area contributed by atoms with E-state index in [1.165, 1.54) is 17.0 Å². The normalized spacial score (nSPS) is 16.7. The van der Waals surface area contributed by atoms with Gasteiger partial charge in [-0.25, -0.2) is 14.1 Å². The molecule has 27 heavy (non-hydrogen) atoms. The molecular formula is C20H20FN3O3. The lowest BCUT2D eigenvalue weighted by Gasteiger charge is -2.21. The van der Waals surface area contributed by atoms with E-state index in [1.807, 2.05) is 0 Å². The second kappa shape index (κ2) is 7.99. The number of benzene rings is 2. The van der Waals surface area contributed by atoms with E-state index >= 15 is 0 Å². The van der Waals surface area contributed by atoms with Crippen LogP contribution in [0.1, 0.15) is 18.9 Å². The number of carbonyl (C=O) groups is 3. The van der Waals surface area contributed by atoms with Gasteiger partial charge in [-0.05, 0) is 36.8 Å². The van der Waals surface area contributed by atoms with Crippen LogP contribution in [0, 0.1) is 5.82 Å². The SMILES string of the molecule is CCNC(=O)C[C@@H]1C(=O)N(c2ccccc2)C(=O)N1Cc1ccc(F)cc1. The third kappa shape index (κ3) is 3.97. The van der Waals surface area contributed by atoms with E-state index in [-0.39, 0.29) is 24.7 Å². The first-order chi connectivity index (χ1) is 13.0. The monoisotopic (exact) mass is 369 g/mol. The Hall–Kier alpha value is -3.22. The minimum Gasteiger partial charge on any atom is -0.356 e. The van der Waals surface area contributed by atoms with Crippen molar-refractivity contribution in [2.24, 2.45) is 0 Å². The molecule has 0 spiro atoms. The standard InChI is InChI=1S/C20H20FN3O3/c1-2-22-18(25)12-17-19(26)24(16-6-4-3-5-7-16)20(27)23(17)13-14-8-10-15(21)11-9-14/h3-11,17H,2,12-13H2,1H3,(H,22,25)/t17-/m1/s1. The van der Waals surface area contributed by atoms with E-state index in [9.17, 15) is 18.8 Å². The van der Waals surface area contributed by atoms with Crippen molar-refractivity contribution in [3.8, 4) is 0 Å². The third-order valence-corrected chi connectivity index (χ3v) is 4.35. The van der Waals surface area contributed by atoms with Crippen LogP contribution in [0.2, 0.25) is 0 Å². The molecule has 1 heterocycles. The molecule has 1 aliphatic heterocycles. The zero-order chi connectivity index (χ0) is 19.4. The third-order valence-electron chi connectivity index (χ3n) is 4.35. The maximum atomic E-state index is 13.2. The van der Waals surface area contributed by atoms with Crippen LogP contribution in [0.3, 0.4) is 0 Å². The molecule has 0 radical (unpaired) electrons. The quantitative estimate of drug-likeness (QED) is 0.796. The molecule has 7 heteroatoms. The van der Waals surface area contributed by atoms with Crippen molar-refractivity contribution in [2.45, 2.75) is 25.9 Å². The van der Waals surface area contributed by atoms with Gasteiger partial charge in [0.25, 0.3) is 5.91 Å². The Morgan fingerprint density at radius 2 is 1.74 bits per heavy atom. The average molecular weight is 369 g/mol. The minimum atomic E-state index is -0.908. The molecule has 1 aliphatic rings. The molecule has 0 aliphatic carbocycles. The molecule has 1 fully saturated rings. The number of nitrogens with zero attached hydrogens (tertiary/aromatic N) is 2. The second-order valence-electron chi connectivity index (χ2n) is 6.22. The second-order valence-corrected chi connectivity index (χ2v) is 6.22. The summed E-state index contributed by atoms with van der Waals surface area (Å²) in [6.07, 6.45) is -0.122. The fraction of sp³-hybridized carbons (Fsp3) is 0.250. The van der Waals surface area contributed by atoms with Crippen molar-refractivity contribution in [1.29, 1.82) is 0 Å². The summed E-state index contributed by atoms with van der Waals surface area (Å²) in [5, 5.41) is 2.66. The molecular weight excluding hydrogens is 349 g/mol. The van der Waals surface area contributed by atoms with Crippen molar-refractivity contribution in [2.75, 3.05) is 11.4 Å². The molecule has 1 saturated heterocycles. The first-order valence-electron chi connectivity index (χ1n) is 8.72. The van der Waals surface area contributed by atoms with Crippen LogP contribution >= 0.6 is 0 Å². The van der Waals surface area contributed by atoms with Crippen LogP contribution in [0.15, 0.2) is 54.6 Å². The summed E-state index contributed by atoms with van der Waals surface area (Å²) < 4.78 is 13.2. The number of rotatable bonds is 6. The van der Waals surface area contributed by atoms with E-state index in [2.05, 4.69) is 5.32 Å². The van der Waals surface area contributed by atoms with Gasteiger partial charge in [-0.3, -0.25) is 9.59 Å². The van der Waals surface area contributed by atoms with E-state index < -0.39 is 18.0 Å². The van der Waals surface area contributed by atoms with Gasteiger partial charge in [-0.2, -0.15) is 0 Å². The van der Waals surface area contributed by atoms with Gasteiger partial charge in [0.15, 0.2) is 0 Å². The Bertz CT molecular complexity index is 839. The Kier molecular flexibility index (Phi) is 5.49. The lowest BCUT2D eigenvalue weighted by Crippen LogP contribution is -2.39. The average Bonchev–Trinajstić information content (AvgIpc) is 2.88. The Balaban J connectivity index is 1.90. The van der Waals surface area contributed by atoms with Crippen LogP contribution in [0.25, 0.3) is 0 Å². The number of imide groups is 1. The van der Waals surface area contributed by atoms with Gasteiger partial charge >= 0.3 is 6.03 Å². The summed E-state index contributed by atoms with van der Waals surface area (Å²) in [6, 6.07) is 12.9. The molecule has 1 N–H and O–H groups in total. The molecule has 0 aromatic heterocycles. The summed E-state index contributed by atoms with van der Waals surface area (Å²) in [6.45, 7) is 2.33. The number of carbonyl (C=O) groups excluding carboxylic acids is 3. The first kappa shape index (κ1) is 18.6. The summed E-state index contributed by atoms with van der Waals surface area (Å²) in [5.74, 6) is -1.13. The molecule has 2 aromatic rings. The molecule has 3 rings (SSSR count). The zero-order valence-corrected chi connectivity index (χ0v) is 14.9. The Morgan fingerprint density at radius 3 is 2.37 bits per heavy atom. The number of nitrogens with one attached hydrogen (secondary N) is 1. The molecule has 0 unspecified atom stereocenters. The minimum absolute atomic E-state index is 0.109. The van der Waals surface area contributed by atoms with Crippen LogP contribution in [-0.2, 0) is 16.1 Å². The maximum absolute atomic E-state index is 13.2.